The lowest BCUT2D eigenvalue weighted by Crippen LogP contribution is -2.34. The van der Waals surface area contributed by atoms with Gasteiger partial charge in [-0.1, -0.05) is 6.07 Å². The fraction of sp³-hybridized carbons (Fsp3) is 0.125. The van der Waals surface area contributed by atoms with E-state index in [0.29, 0.717) is 13.1 Å². The van der Waals surface area contributed by atoms with Crippen molar-refractivity contribution in [3.8, 4) is 11.1 Å². The second kappa shape index (κ2) is 7.20. The number of rotatable bonds is 5. The Morgan fingerprint density at radius 1 is 1.09 bits per heavy atom. The Morgan fingerprint density at radius 2 is 2.00 bits per heavy atom. The van der Waals surface area contributed by atoms with Crippen LogP contribution >= 0.6 is 22.7 Å². The predicted molar refractivity (Wildman–Crippen MR) is 90.9 cm³/mol. The van der Waals surface area contributed by atoms with E-state index in [9.17, 15) is 4.79 Å². The summed E-state index contributed by atoms with van der Waals surface area (Å²) in [5.74, 6) is 0. The van der Waals surface area contributed by atoms with Gasteiger partial charge in [0.15, 0.2) is 0 Å². The predicted octanol–water partition coefficient (Wildman–Crippen LogP) is 3.87. The first-order chi connectivity index (χ1) is 10.8. The van der Waals surface area contributed by atoms with Crippen LogP contribution in [0, 0.1) is 0 Å². The van der Waals surface area contributed by atoms with Crippen LogP contribution in [0.5, 0.6) is 0 Å². The molecule has 0 fully saturated rings. The molecule has 0 spiro atoms. The van der Waals surface area contributed by atoms with E-state index in [-0.39, 0.29) is 6.03 Å². The number of thiophene rings is 2. The highest BCUT2D eigenvalue weighted by atomic mass is 32.1. The zero-order valence-electron chi connectivity index (χ0n) is 11.8. The van der Waals surface area contributed by atoms with E-state index in [0.717, 1.165) is 21.6 Å². The van der Waals surface area contributed by atoms with Gasteiger partial charge in [0.05, 0.1) is 6.54 Å². The monoisotopic (exact) mass is 329 g/mol. The van der Waals surface area contributed by atoms with Gasteiger partial charge in [0.1, 0.15) is 0 Å². The molecule has 22 heavy (non-hydrogen) atoms. The van der Waals surface area contributed by atoms with Gasteiger partial charge in [-0.05, 0) is 45.5 Å². The number of carbonyl (C=O) groups excluding carboxylic acids is 1. The molecule has 0 unspecified atom stereocenters. The minimum absolute atomic E-state index is 0.172. The minimum atomic E-state index is -0.172. The molecule has 0 atom stereocenters. The second-order valence-corrected chi connectivity index (χ2v) is 6.52. The number of urea groups is 1. The number of aromatic nitrogens is 1. The summed E-state index contributed by atoms with van der Waals surface area (Å²) in [7, 11) is 0. The Labute approximate surface area is 136 Å². The molecular formula is C16H15N3OS2. The van der Waals surface area contributed by atoms with Gasteiger partial charge in [0, 0.05) is 29.4 Å². The van der Waals surface area contributed by atoms with Crippen molar-refractivity contribution in [1.29, 1.82) is 0 Å². The molecule has 0 radical (unpaired) electrons. The molecule has 0 saturated carbocycles. The Balaban J connectivity index is 1.53. The molecule has 0 bridgehead atoms. The van der Waals surface area contributed by atoms with Crippen molar-refractivity contribution < 1.29 is 4.79 Å². The Bertz CT molecular complexity index is 724. The van der Waals surface area contributed by atoms with E-state index in [2.05, 4.69) is 33.1 Å². The van der Waals surface area contributed by atoms with Crippen LogP contribution in [0.4, 0.5) is 4.79 Å². The number of nitrogens with one attached hydrogen (secondary N) is 2. The van der Waals surface area contributed by atoms with Crippen LogP contribution in [0.3, 0.4) is 0 Å². The average Bonchev–Trinajstić information content (AvgIpc) is 3.24. The molecule has 3 aromatic rings. The Kier molecular flexibility index (Phi) is 4.82. The van der Waals surface area contributed by atoms with Gasteiger partial charge in [-0.2, -0.15) is 11.3 Å². The van der Waals surface area contributed by atoms with Crippen LogP contribution in [0.15, 0.2) is 52.8 Å². The number of carbonyl (C=O) groups is 1. The lowest BCUT2D eigenvalue weighted by atomic mass is 10.1. The van der Waals surface area contributed by atoms with Crippen LogP contribution in [0.1, 0.15) is 10.4 Å². The summed E-state index contributed by atoms with van der Waals surface area (Å²) in [5.41, 5.74) is 3.20. The van der Waals surface area contributed by atoms with E-state index in [1.54, 1.807) is 28.9 Å². The highest BCUT2D eigenvalue weighted by Crippen LogP contribution is 2.21. The average molecular weight is 329 g/mol. The number of hydrogen-bond donors (Lipinski definition) is 2. The molecular weight excluding hydrogens is 314 g/mol. The number of pyridine rings is 1. The van der Waals surface area contributed by atoms with Crippen molar-refractivity contribution in [2.45, 2.75) is 13.1 Å². The van der Waals surface area contributed by atoms with E-state index in [1.807, 2.05) is 29.1 Å². The molecule has 2 N–H and O–H groups in total. The van der Waals surface area contributed by atoms with Gasteiger partial charge in [-0.25, -0.2) is 4.79 Å². The fourth-order valence-electron chi connectivity index (χ4n) is 2.00. The van der Waals surface area contributed by atoms with Gasteiger partial charge < -0.3 is 10.6 Å². The first-order valence-electron chi connectivity index (χ1n) is 6.82. The summed E-state index contributed by atoms with van der Waals surface area (Å²) in [5, 5.41) is 11.8. The van der Waals surface area contributed by atoms with Crippen LogP contribution in [0.2, 0.25) is 0 Å². The Hall–Kier alpha value is -2.18. The maximum Gasteiger partial charge on any atom is 0.315 e. The smallest absolute Gasteiger partial charge is 0.315 e. The van der Waals surface area contributed by atoms with Crippen molar-refractivity contribution in [1.82, 2.24) is 15.6 Å². The summed E-state index contributed by atoms with van der Waals surface area (Å²) < 4.78 is 0. The van der Waals surface area contributed by atoms with Crippen LogP contribution in [-0.4, -0.2) is 11.0 Å². The summed E-state index contributed by atoms with van der Waals surface area (Å²) in [6.45, 7) is 1.01. The first kappa shape index (κ1) is 14.7. The largest absolute Gasteiger partial charge is 0.334 e. The van der Waals surface area contributed by atoms with E-state index < -0.39 is 0 Å². The number of hydrogen-bond acceptors (Lipinski definition) is 4. The molecule has 2 amide bonds. The van der Waals surface area contributed by atoms with Crippen LogP contribution in [0.25, 0.3) is 11.1 Å². The molecule has 0 aliphatic rings. The third-order valence-corrected chi connectivity index (χ3v) is 4.67. The summed E-state index contributed by atoms with van der Waals surface area (Å²) in [4.78, 5) is 17.2. The molecule has 6 heteroatoms. The van der Waals surface area contributed by atoms with Gasteiger partial charge in [-0.15, -0.1) is 11.3 Å². The maximum atomic E-state index is 11.8. The molecule has 0 aliphatic heterocycles. The molecule has 0 saturated heterocycles. The normalized spacial score (nSPS) is 10.4. The van der Waals surface area contributed by atoms with Gasteiger partial charge in [-0.3, -0.25) is 4.98 Å². The lowest BCUT2D eigenvalue weighted by Gasteiger charge is -2.07. The van der Waals surface area contributed by atoms with Crippen LogP contribution < -0.4 is 10.6 Å². The zero-order chi connectivity index (χ0) is 15.2. The topological polar surface area (TPSA) is 54.0 Å². The van der Waals surface area contributed by atoms with Gasteiger partial charge in [0.25, 0.3) is 0 Å². The van der Waals surface area contributed by atoms with Crippen molar-refractivity contribution in [3.63, 3.8) is 0 Å². The summed E-state index contributed by atoms with van der Waals surface area (Å²) >= 11 is 3.29. The highest BCUT2D eigenvalue weighted by Gasteiger charge is 2.04. The standard InChI is InChI=1S/C16H15N3OS2/c20-16(19-10-15-2-1-4-22-15)18-8-12-6-14(9-17-7-12)13-3-5-21-11-13/h1-7,9,11H,8,10H2,(H2,18,19,20). The highest BCUT2D eigenvalue weighted by molar-refractivity contribution is 7.09. The third kappa shape index (κ3) is 3.93. The summed E-state index contributed by atoms with van der Waals surface area (Å²) in [6.07, 6.45) is 3.61. The second-order valence-electron chi connectivity index (χ2n) is 4.71. The molecule has 3 aromatic heterocycles. The van der Waals surface area contributed by atoms with Gasteiger partial charge in [0.2, 0.25) is 0 Å². The van der Waals surface area contributed by atoms with Crippen molar-refractivity contribution in [3.05, 3.63) is 63.2 Å². The Morgan fingerprint density at radius 3 is 2.77 bits per heavy atom. The molecule has 0 aliphatic carbocycles. The van der Waals surface area contributed by atoms with Gasteiger partial charge >= 0.3 is 6.03 Å². The van der Waals surface area contributed by atoms with Crippen molar-refractivity contribution in [2.75, 3.05) is 0 Å². The SMILES string of the molecule is O=C(NCc1cncc(-c2ccsc2)c1)NCc1cccs1. The number of nitrogens with zero attached hydrogens (tertiary/aromatic N) is 1. The maximum absolute atomic E-state index is 11.8. The van der Waals surface area contributed by atoms with E-state index >= 15 is 0 Å². The minimum Gasteiger partial charge on any atom is -0.334 e. The first-order valence-corrected chi connectivity index (χ1v) is 8.64. The molecule has 0 aromatic carbocycles. The van der Waals surface area contributed by atoms with E-state index in [1.165, 1.54) is 0 Å². The van der Waals surface area contributed by atoms with Crippen molar-refractivity contribution >= 4 is 28.7 Å². The molecule has 112 valence electrons. The van der Waals surface area contributed by atoms with Crippen LogP contribution in [-0.2, 0) is 13.1 Å². The zero-order valence-corrected chi connectivity index (χ0v) is 13.4. The van der Waals surface area contributed by atoms with E-state index in [4.69, 9.17) is 0 Å². The third-order valence-electron chi connectivity index (χ3n) is 3.11. The lowest BCUT2D eigenvalue weighted by molar-refractivity contribution is 0.240. The molecule has 3 rings (SSSR count). The summed E-state index contributed by atoms with van der Waals surface area (Å²) in [6, 6.07) is 7.91. The molecule has 3 heterocycles. The number of amides is 2. The van der Waals surface area contributed by atoms with Crippen molar-refractivity contribution in [2.24, 2.45) is 0 Å². The molecule has 4 nitrogen and oxygen atoms in total. The fourth-order valence-corrected chi connectivity index (χ4v) is 3.31. The quantitative estimate of drug-likeness (QED) is 0.746.